The number of aromatic nitrogens is 1. The number of nitrogens with one attached hydrogen (secondary N) is 2. The van der Waals surface area contributed by atoms with Crippen molar-refractivity contribution in [2.45, 2.75) is 52.5 Å². The number of fused-ring (bicyclic) bond motifs is 1. The van der Waals surface area contributed by atoms with E-state index in [9.17, 15) is 14.4 Å². The lowest BCUT2D eigenvalue weighted by atomic mass is 9.64. The van der Waals surface area contributed by atoms with E-state index in [1.54, 1.807) is 0 Å². The summed E-state index contributed by atoms with van der Waals surface area (Å²) in [7, 11) is 0. The Bertz CT molecular complexity index is 1010. The van der Waals surface area contributed by atoms with Crippen LogP contribution in [0.1, 0.15) is 45.6 Å². The number of nitrogens with zero attached hydrogens (tertiary/aromatic N) is 2. The van der Waals surface area contributed by atoms with Gasteiger partial charge in [-0.05, 0) is 49.1 Å². The predicted molar refractivity (Wildman–Crippen MR) is 113 cm³/mol. The van der Waals surface area contributed by atoms with E-state index in [4.69, 9.17) is 0 Å². The molecular formula is C21H26N4O3S. The first kappa shape index (κ1) is 19.8. The summed E-state index contributed by atoms with van der Waals surface area (Å²) in [5.41, 5.74) is 0.938. The molecule has 0 bridgehead atoms. The van der Waals surface area contributed by atoms with E-state index in [1.165, 1.54) is 11.3 Å². The molecule has 1 saturated carbocycles. The van der Waals surface area contributed by atoms with Gasteiger partial charge in [0.25, 0.3) is 5.91 Å². The number of anilines is 1. The first-order chi connectivity index (χ1) is 13.6. The van der Waals surface area contributed by atoms with Crippen molar-refractivity contribution in [1.82, 2.24) is 15.2 Å². The second-order valence-electron chi connectivity index (χ2n) is 9.25. The van der Waals surface area contributed by atoms with Crippen molar-refractivity contribution in [3.8, 4) is 0 Å². The maximum Gasteiger partial charge on any atom is 0.325 e. The quantitative estimate of drug-likeness (QED) is 0.750. The van der Waals surface area contributed by atoms with Gasteiger partial charge in [-0.3, -0.25) is 14.5 Å². The van der Waals surface area contributed by atoms with Crippen molar-refractivity contribution in [2.75, 3.05) is 11.9 Å². The fourth-order valence-corrected chi connectivity index (χ4v) is 6.05. The van der Waals surface area contributed by atoms with Gasteiger partial charge in [-0.1, -0.05) is 44.2 Å². The number of amides is 4. The minimum Gasteiger partial charge on any atom is -0.323 e. The normalized spacial score (nSPS) is 26.2. The van der Waals surface area contributed by atoms with Gasteiger partial charge >= 0.3 is 6.03 Å². The predicted octanol–water partition coefficient (Wildman–Crippen LogP) is 3.68. The average molecular weight is 415 g/mol. The number of rotatable bonds is 3. The van der Waals surface area contributed by atoms with E-state index in [1.807, 2.05) is 25.1 Å². The Balaban J connectivity index is 1.48. The van der Waals surface area contributed by atoms with Crippen LogP contribution in [-0.4, -0.2) is 39.8 Å². The Morgan fingerprint density at radius 2 is 2.10 bits per heavy atom. The summed E-state index contributed by atoms with van der Waals surface area (Å²) in [6, 6.07) is 5.37. The van der Waals surface area contributed by atoms with Gasteiger partial charge in [-0.15, -0.1) is 0 Å². The molecule has 0 unspecified atom stereocenters. The van der Waals surface area contributed by atoms with Crippen LogP contribution < -0.4 is 10.6 Å². The maximum absolute atomic E-state index is 13.1. The number of thiazole rings is 1. The number of hydrogen-bond acceptors (Lipinski definition) is 5. The van der Waals surface area contributed by atoms with Crippen molar-refractivity contribution in [2.24, 2.45) is 11.3 Å². The van der Waals surface area contributed by atoms with Crippen LogP contribution in [0.5, 0.6) is 0 Å². The lowest BCUT2D eigenvalue weighted by Crippen LogP contribution is -2.54. The van der Waals surface area contributed by atoms with Gasteiger partial charge in [0, 0.05) is 0 Å². The highest BCUT2D eigenvalue weighted by Crippen LogP contribution is 2.46. The Morgan fingerprint density at radius 1 is 1.34 bits per heavy atom. The molecule has 4 amide bonds. The van der Waals surface area contributed by atoms with Gasteiger partial charge in [0.15, 0.2) is 5.13 Å². The Hall–Kier alpha value is -2.48. The summed E-state index contributed by atoms with van der Waals surface area (Å²) in [6.07, 6.45) is 2.20. The van der Waals surface area contributed by atoms with Crippen molar-refractivity contribution >= 4 is 44.5 Å². The van der Waals surface area contributed by atoms with Gasteiger partial charge in [-0.2, -0.15) is 0 Å². The van der Waals surface area contributed by atoms with Crippen molar-refractivity contribution in [3.63, 3.8) is 0 Å². The Labute approximate surface area is 173 Å². The number of hydrogen-bond donors (Lipinski definition) is 2. The largest absolute Gasteiger partial charge is 0.325 e. The molecule has 1 aromatic carbocycles. The van der Waals surface area contributed by atoms with Crippen LogP contribution in [0, 0.1) is 18.3 Å². The molecule has 2 N–H and O–H groups in total. The van der Waals surface area contributed by atoms with E-state index in [0.717, 1.165) is 27.1 Å². The lowest BCUT2D eigenvalue weighted by molar-refractivity contribution is -0.136. The molecule has 2 fully saturated rings. The average Bonchev–Trinajstić information content (AvgIpc) is 3.08. The molecule has 2 aromatic rings. The van der Waals surface area contributed by atoms with Crippen molar-refractivity contribution < 1.29 is 14.4 Å². The zero-order chi connectivity index (χ0) is 21.0. The fourth-order valence-electron chi connectivity index (χ4n) is 5.09. The summed E-state index contributed by atoms with van der Waals surface area (Å²) in [4.78, 5) is 43.8. The molecule has 2 aliphatic rings. The summed E-state index contributed by atoms with van der Waals surface area (Å²) in [5, 5.41) is 6.10. The number of urea groups is 1. The molecule has 29 heavy (non-hydrogen) atoms. The van der Waals surface area contributed by atoms with Crippen LogP contribution in [-0.2, 0) is 9.59 Å². The number of carbonyl (C=O) groups is 3. The summed E-state index contributed by atoms with van der Waals surface area (Å²) < 4.78 is 0.979. The molecule has 4 rings (SSSR count). The number of aryl methyl sites for hydroxylation is 1. The molecule has 8 heteroatoms. The first-order valence-electron chi connectivity index (χ1n) is 9.89. The Kier molecular flexibility index (Phi) is 4.64. The number of benzene rings is 1. The van der Waals surface area contributed by atoms with Gasteiger partial charge in [0.1, 0.15) is 12.1 Å². The van der Waals surface area contributed by atoms with Crippen LogP contribution in [0.15, 0.2) is 18.2 Å². The third kappa shape index (κ3) is 3.61. The molecule has 154 valence electrons. The van der Waals surface area contributed by atoms with E-state index < -0.39 is 17.5 Å². The zero-order valence-corrected chi connectivity index (χ0v) is 18.0. The van der Waals surface area contributed by atoms with Gasteiger partial charge in [-0.25, -0.2) is 9.78 Å². The summed E-state index contributed by atoms with van der Waals surface area (Å²) in [6.45, 7) is 8.00. The molecule has 2 atom stereocenters. The minimum atomic E-state index is -0.897. The highest BCUT2D eigenvalue weighted by atomic mass is 32.1. The molecule has 1 spiro atoms. The van der Waals surface area contributed by atoms with Gasteiger partial charge in [0.05, 0.1) is 10.2 Å². The van der Waals surface area contributed by atoms with E-state index in [-0.39, 0.29) is 17.9 Å². The van der Waals surface area contributed by atoms with E-state index in [0.29, 0.717) is 23.9 Å². The van der Waals surface area contributed by atoms with Crippen LogP contribution in [0.4, 0.5) is 9.93 Å². The van der Waals surface area contributed by atoms with Crippen LogP contribution >= 0.6 is 11.3 Å². The Morgan fingerprint density at radius 3 is 2.79 bits per heavy atom. The first-order valence-corrected chi connectivity index (χ1v) is 10.7. The second-order valence-corrected chi connectivity index (χ2v) is 10.3. The third-order valence-electron chi connectivity index (χ3n) is 5.79. The van der Waals surface area contributed by atoms with Crippen molar-refractivity contribution in [3.05, 3.63) is 23.8 Å². The standard InChI is InChI=1S/C21H26N4O3S/c1-12-8-20(3,4)11-21(9-12)17(27)25(19(28)24-21)10-15(26)22-18-23-16-13(2)6-5-7-14(16)29-18/h5-7,12H,8-11H2,1-4H3,(H,24,28)(H,22,23,26)/t12-,21-/m0/s1. The maximum atomic E-state index is 13.1. The minimum absolute atomic E-state index is 0.0439. The molecule has 1 aliphatic carbocycles. The number of carbonyl (C=O) groups excluding carboxylic acids is 3. The monoisotopic (exact) mass is 414 g/mol. The van der Waals surface area contributed by atoms with Gasteiger partial charge in [0.2, 0.25) is 5.91 Å². The molecule has 1 aromatic heterocycles. The summed E-state index contributed by atoms with van der Waals surface area (Å²) >= 11 is 1.37. The molecule has 0 radical (unpaired) electrons. The van der Waals surface area contributed by atoms with Gasteiger partial charge < -0.3 is 10.6 Å². The topological polar surface area (TPSA) is 91.4 Å². The third-order valence-corrected chi connectivity index (χ3v) is 6.73. The van der Waals surface area contributed by atoms with E-state index >= 15 is 0 Å². The summed E-state index contributed by atoms with van der Waals surface area (Å²) in [5.74, 6) is -0.398. The smallest absolute Gasteiger partial charge is 0.323 e. The van der Waals surface area contributed by atoms with E-state index in [2.05, 4.69) is 36.4 Å². The highest BCUT2D eigenvalue weighted by Gasteiger charge is 2.56. The molecule has 1 aliphatic heterocycles. The molecule has 7 nitrogen and oxygen atoms in total. The molecule has 2 heterocycles. The number of para-hydroxylation sites is 1. The fraction of sp³-hybridized carbons (Fsp3) is 0.524. The molecular weight excluding hydrogens is 388 g/mol. The van der Waals surface area contributed by atoms with Crippen LogP contribution in [0.3, 0.4) is 0 Å². The second kappa shape index (κ2) is 6.79. The highest BCUT2D eigenvalue weighted by molar-refractivity contribution is 7.22. The van der Waals surface area contributed by atoms with Crippen LogP contribution in [0.25, 0.3) is 10.2 Å². The van der Waals surface area contributed by atoms with Crippen LogP contribution in [0.2, 0.25) is 0 Å². The SMILES string of the molecule is Cc1cccc2sc(NC(=O)CN3C(=O)N[C@]4(C[C@@H](C)CC(C)(C)C4)C3=O)nc12. The molecule has 1 saturated heterocycles. The number of imide groups is 1. The lowest BCUT2D eigenvalue weighted by Gasteiger charge is -2.43. The van der Waals surface area contributed by atoms with Crippen molar-refractivity contribution in [1.29, 1.82) is 0 Å². The zero-order valence-electron chi connectivity index (χ0n) is 17.2.